The Bertz CT molecular complexity index is 2220. The normalized spacial score (nSPS) is 24.7. The third-order valence-electron chi connectivity index (χ3n) is 12.4. The summed E-state index contributed by atoms with van der Waals surface area (Å²) in [6, 6.07) is 18.2. The number of nitrogens with two attached hydrogens (primary N) is 1. The Morgan fingerprint density at radius 3 is 2.21 bits per heavy atom. The van der Waals surface area contributed by atoms with Crippen LogP contribution < -0.4 is 5.73 Å². The first-order chi connectivity index (χ1) is 26.7. The van der Waals surface area contributed by atoms with Gasteiger partial charge in [-0.1, -0.05) is 82.3 Å². The smallest absolute Gasteiger partial charge is 0.396 e. The van der Waals surface area contributed by atoms with Crippen molar-refractivity contribution in [2.75, 3.05) is 13.2 Å². The summed E-state index contributed by atoms with van der Waals surface area (Å²) in [6.07, 6.45) is 2.24. The van der Waals surface area contributed by atoms with Crippen molar-refractivity contribution >= 4 is 66.5 Å². The van der Waals surface area contributed by atoms with Crippen LogP contribution in [0.25, 0.3) is 32.3 Å². The molecule has 3 aliphatic heterocycles. The molecule has 0 aliphatic carbocycles. The van der Waals surface area contributed by atoms with Gasteiger partial charge in [-0.15, -0.1) is 0 Å². The van der Waals surface area contributed by atoms with E-state index in [4.69, 9.17) is 24.0 Å². The SMILES string of the molecule is CCC(CC)(OP(=O)(O)OCC1OC(N2C=NC3C(N)=NC=NC32)CC1C(CC)(CC)OP(=O)(O)O)C(CO)Cc1ccc2ccc3cccc4ccc1c2c34. The molecule has 3 aliphatic rings. The van der Waals surface area contributed by atoms with Gasteiger partial charge in [0, 0.05) is 24.9 Å². The van der Waals surface area contributed by atoms with Crippen LogP contribution in [-0.4, -0.2) is 92.2 Å². The third kappa shape index (κ3) is 7.55. The molecule has 7 atom stereocenters. The van der Waals surface area contributed by atoms with E-state index in [0.29, 0.717) is 19.3 Å². The maximum atomic E-state index is 14.0. The van der Waals surface area contributed by atoms with E-state index in [9.17, 15) is 28.9 Å². The second-order valence-corrected chi connectivity index (χ2v) is 17.5. The van der Waals surface area contributed by atoms with E-state index in [1.54, 1.807) is 25.1 Å². The van der Waals surface area contributed by atoms with Crippen molar-refractivity contribution in [1.82, 2.24) is 4.90 Å². The Labute approximate surface area is 325 Å². The minimum Gasteiger partial charge on any atom is -0.396 e. The average molecular weight is 812 g/mol. The van der Waals surface area contributed by atoms with E-state index >= 15 is 0 Å². The highest BCUT2D eigenvalue weighted by Gasteiger charge is 2.54. The summed E-state index contributed by atoms with van der Waals surface area (Å²) >= 11 is 0. The van der Waals surface area contributed by atoms with Crippen LogP contribution in [0.2, 0.25) is 0 Å². The number of rotatable bonds is 17. The zero-order valence-corrected chi connectivity index (χ0v) is 33.8. The van der Waals surface area contributed by atoms with E-state index < -0.39 is 69.8 Å². The highest BCUT2D eigenvalue weighted by Crippen LogP contribution is 2.55. The Hall–Kier alpha value is -3.33. The fraction of sp³-hybridized carbons (Fsp3) is 0.513. The third-order valence-corrected chi connectivity index (χ3v) is 14.0. The molecular weight excluding hydrogens is 760 g/mol. The Morgan fingerprint density at radius 1 is 0.911 bits per heavy atom. The molecule has 17 heteroatoms. The van der Waals surface area contributed by atoms with Crippen LogP contribution in [0.15, 0.2) is 69.6 Å². The molecule has 0 amide bonds. The molecule has 0 radical (unpaired) electrons. The topological polar surface area (TPSA) is 218 Å². The number of hydrogen-bond donors (Lipinski definition) is 5. The number of benzene rings is 4. The summed E-state index contributed by atoms with van der Waals surface area (Å²) in [5.41, 5.74) is 4.42. The van der Waals surface area contributed by atoms with E-state index in [-0.39, 0.29) is 31.7 Å². The number of phosphoric ester groups is 2. The quantitative estimate of drug-likeness (QED) is 0.0589. The Morgan fingerprint density at radius 2 is 1.57 bits per heavy atom. The van der Waals surface area contributed by atoms with Crippen LogP contribution in [0.5, 0.6) is 0 Å². The van der Waals surface area contributed by atoms with Gasteiger partial charge in [-0.3, -0.25) is 18.6 Å². The Kier molecular flexibility index (Phi) is 11.5. The predicted octanol–water partition coefficient (Wildman–Crippen LogP) is 6.26. The van der Waals surface area contributed by atoms with Gasteiger partial charge in [0.15, 0.2) is 6.17 Å². The first kappa shape index (κ1) is 40.9. The molecule has 15 nitrogen and oxygen atoms in total. The van der Waals surface area contributed by atoms with E-state index in [1.807, 2.05) is 26.0 Å². The highest BCUT2D eigenvalue weighted by atomic mass is 31.2. The number of ether oxygens (including phenoxy) is 1. The summed E-state index contributed by atoms with van der Waals surface area (Å²) in [4.78, 5) is 46.1. The monoisotopic (exact) mass is 811 g/mol. The van der Waals surface area contributed by atoms with Gasteiger partial charge in [0.05, 0.1) is 30.3 Å². The van der Waals surface area contributed by atoms with Gasteiger partial charge < -0.3 is 35.2 Å². The van der Waals surface area contributed by atoms with Crippen LogP contribution in [0.3, 0.4) is 0 Å². The molecule has 4 aromatic carbocycles. The lowest BCUT2D eigenvalue weighted by Gasteiger charge is -2.40. The molecule has 0 bridgehead atoms. The molecule has 1 fully saturated rings. The van der Waals surface area contributed by atoms with Gasteiger partial charge >= 0.3 is 15.6 Å². The predicted molar refractivity (Wildman–Crippen MR) is 216 cm³/mol. The van der Waals surface area contributed by atoms with Crippen LogP contribution in [0.1, 0.15) is 65.4 Å². The molecule has 302 valence electrons. The molecule has 7 rings (SSSR count). The van der Waals surface area contributed by atoms with Gasteiger partial charge in [-0.05, 0) is 70.0 Å². The molecule has 3 heterocycles. The van der Waals surface area contributed by atoms with Gasteiger partial charge in [0.1, 0.15) is 24.4 Å². The van der Waals surface area contributed by atoms with Crippen LogP contribution in [0.4, 0.5) is 0 Å². The van der Waals surface area contributed by atoms with Crippen molar-refractivity contribution < 1.29 is 47.2 Å². The molecule has 56 heavy (non-hydrogen) atoms. The fourth-order valence-corrected chi connectivity index (χ4v) is 11.4. The number of aliphatic hydroxyl groups is 1. The number of amidine groups is 1. The van der Waals surface area contributed by atoms with Crippen molar-refractivity contribution in [3.8, 4) is 0 Å². The largest absolute Gasteiger partial charge is 0.472 e. The van der Waals surface area contributed by atoms with E-state index in [2.05, 4.69) is 57.4 Å². The lowest BCUT2D eigenvalue weighted by atomic mass is 9.78. The number of nitrogens with zero attached hydrogens (tertiary/aromatic N) is 4. The lowest BCUT2D eigenvalue weighted by Crippen LogP contribution is -2.48. The van der Waals surface area contributed by atoms with Crippen LogP contribution >= 0.6 is 15.6 Å². The minimum atomic E-state index is -4.99. The van der Waals surface area contributed by atoms with Gasteiger partial charge in [-0.25, -0.2) is 19.1 Å². The average Bonchev–Trinajstić information content (AvgIpc) is 3.82. The summed E-state index contributed by atoms with van der Waals surface area (Å²) in [6.45, 7) is 6.44. The molecule has 4 aromatic rings. The van der Waals surface area contributed by atoms with Crippen LogP contribution in [-0.2, 0) is 33.9 Å². The van der Waals surface area contributed by atoms with Crippen molar-refractivity contribution in [3.63, 3.8) is 0 Å². The van der Waals surface area contributed by atoms with Crippen molar-refractivity contribution in [3.05, 3.63) is 60.2 Å². The van der Waals surface area contributed by atoms with Crippen molar-refractivity contribution in [1.29, 1.82) is 0 Å². The summed E-state index contributed by atoms with van der Waals surface area (Å²) < 4.78 is 50.2. The molecule has 0 spiro atoms. The maximum absolute atomic E-state index is 14.0. The molecule has 0 aromatic heterocycles. The molecule has 7 unspecified atom stereocenters. The molecule has 6 N–H and O–H groups in total. The molecule has 1 saturated heterocycles. The second kappa shape index (κ2) is 15.8. The fourth-order valence-electron chi connectivity index (χ4n) is 9.28. The standard InChI is InChI=1S/C39H51N5O10P2/c1-5-38(6-2,28(20-45)18-27-15-14-26-13-12-24-10-9-11-25-16-17-29(27)34(26)33(24)25)54-56(49,50)51-21-31-30(39(7-3,8-4)53-55(46,47)48)19-32(52-31)44-23-43-35-36(40)41-22-42-37(35)44/h9-17,22-23,28,30-32,35,37,45H,5-8,18-21H2,1-4H3,(H,49,50)(H2,40,41,42)(H2,46,47,48). The summed E-state index contributed by atoms with van der Waals surface area (Å²) in [5.74, 6) is -1.00. The highest BCUT2D eigenvalue weighted by molar-refractivity contribution is 7.47. The molecular formula is C39H51N5O10P2. The zero-order valence-electron chi connectivity index (χ0n) is 32.0. The second-order valence-electron chi connectivity index (χ2n) is 15.0. The summed E-state index contributed by atoms with van der Waals surface area (Å²) in [7, 11) is -9.85. The maximum Gasteiger partial charge on any atom is 0.472 e. The van der Waals surface area contributed by atoms with Gasteiger partial charge in [0.25, 0.3) is 0 Å². The summed E-state index contributed by atoms with van der Waals surface area (Å²) in [5, 5.41) is 17.6. The first-order valence-electron chi connectivity index (χ1n) is 19.2. The van der Waals surface area contributed by atoms with Crippen molar-refractivity contribution in [2.45, 2.75) is 102 Å². The van der Waals surface area contributed by atoms with E-state index in [0.717, 1.165) is 32.5 Å². The minimum absolute atomic E-state index is 0.201. The van der Waals surface area contributed by atoms with Crippen LogP contribution in [0, 0.1) is 11.8 Å². The zero-order chi connectivity index (χ0) is 40.0. The van der Waals surface area contributed by atoms with Crippen molar-refractivity contribution in [2.24, 2.45) is 32.5 Å². The molecule has 0 saturated carbocycles. The number of hydrogen-bond acceptors (Lipinski definition) is 12. The number of phosphoric acid groups is 2. The van der Waals surface area contributed by atoms with Gasteiger partial charge in [-0.2, -0.15) is 0 Å². The lowest BCUT2D eigenvalue weighted by molar-refractivity contribution is -0.0922. The number of aliphatic imine (C=N–C) groups is 3. The number of aliphatic hydroxyl groups excluding tert-OH is 1. The van der Waals surface area contributed by atoms with Gasteiger partial charge in [0.2, 0.25) is 0 Å². The first-order valence-corrected chi connectivity index (χ1v) is 22.2. The Balaban J connectivity index is 1.14. The number of fused-ring (bicyclic) bond motifs is 1. The van der Waals surface area contributed by atoms with E-state index in [1.165, 1.54) is 11.7 Å².